The van der Waals surface area contributed by atoms with Gasteiger partial charge >= 0.3 is 11.6 Å². The van der Waals surface area contributed by atoms with Crippen molar-refractivity contribution in [2.45, 2.75) is 12.9 Å². The minimum absolute atomic E-state index is 0.165. The molecule has 0 saturated carbocycles. The summed E-state index contributed by atoms with van der Waals surface area (Å²) in [7, 11) is 0. The minimum atomic E-state index is -4.65. The van der Waals surface area contributed by atoms with Crippen LogP contribution in [0.2, 0.25) is 0 Å². The summed E-state index contributed by atoms with van der Waals surface area (Å²) in [6.07, 6.45) is -3.08. The number of aromatic nitrogens is 1. The second-order valence-corrected chi connectivity index (χ2v) is 4.19. The highest BCUT2D eigenvalue weighted by atomic mass is 32.1. The van der Waals surface area contributed by atoms with Crippen molar-refractivity contribution < 1.29 is 22.5 Å². The van der Waals surface area contributed by atoms with Gasteiger partial charge in [0.25, 0.3) is 0 Å². The van der Waals surface area contributed by atoms with E-state index >= 15 is 0 Å². The summed E-state index contributed by atoms with van der Waals surface area (Å²) in [5.41, 5.74) is 0.919. The van der Waals surface area contributed by atoms with Gasteiger partial charge < -0.3 is 4.74 Å². The topological polar surface area (TPSA) is 13.1 Å². The third-order valence-electron chi connectivity index (χ3n) is 2.04. The van der Waals surface area contributed by atoms with Crippen molar-refractivity contribution in [1.29, 1.82) is 0 Å². The number of rotatable bonds is 3. The van der Waals surface area contributed by atoms with E-state index in [0.717, 1.165) is 16.9 Å². The van der Waals surface area contributed by atoms with E-state index in [1.807, 2.05) is 30.3 Å². The number of halogens is 3. The Hall–Kier alpha value is -1.56. The Morgan fingerprint density at radius 2 is 1.88 bits per heavy atom. The van der Waals surface area contributed by atoms with E-state index in [1.54, 1.807) is 11.6 Å². The molecule has 0 aliphatic carbocycles. The summed E-state index contributed by atoms with van der Waals surface area (Å²) >= 11 is 0.916. The lowest BCUT2D eigenvalue weighted by atomic mass is 10.2. The Morgan fingerprint density at radius 3 is 2.53 bits per heavy atom. The molecule has 0 atom stereocenters. The molecule has 0 spiro atoms. The van der Waals surface area contributed by atoms with Crippen molar-refractivity contribution in [1.82, 2.24) is 0 Å². The normalized spacial score (nSPS) is 11.5. The molecule has 0 N–H and O–H groups in total. The Labute approximate surface area is 99.9 Å². The maximum atomic E-state index is 12.1. The van der Waals surface area contributed by atoms with Crippen molar-refractivity contribution >= 4 is 11.3 Å². The fourth-order valence-electron chi connectivity index (χ4n) is 1.37. The number of hydrogen-bond acceptors (Lipinski definition) is 2. The van der Waals surface area contributed by atoms with Crippen LogP contribution in [0, 0.1) is 0 Å². The van der Waals surface area contributed by atoms with Crippen molar-refractivity contribution in [2.24, 2.45) is 0 Å². The highest BCUT2D eigenvalue weighted by molar-refractivity contribution is 7.10. The van der Waals surface area contributed by atoms with Crippen LogP contribution in [0.15, 0.2) is 41.9 Å². The van der Waals surface area contributed by atoms with Crippen LogP contribution in [0.1, 0.15) is 5.56 Å². The van der Waals surface area contributed by atoms with Gasteiger partial charge in [0.1, 0.15) is 0 Å². The second-order valence-electron chi connectivity index (χ2n) is 3.33. The summed E-state index contributed by atoms with van der Waals surface area (Å²) in [5, 5.41) is 1.39. The molecule has 0 aliphatic heterocycles. The molecule has 6 heteroatoms. The zero-order chi connectivity index (χ0) is 12.3. The Balaban J connectivity index is 2.15. The molecule has 1 heterocycles. The first-order chi connectivity index (χ1) is 8.04. The summed E-state index contributed by atoms with van der Waals surface area (Å²) in [6, 6.07) is 9.23. The van der Waals surface area contributed by atoms with Crippen LogP contribution in [0.5, 0.6) is 5.19 Å². The standard InChI is InChI=1S/C11H9F3NOS/c12-11(13,14)16-10-15(6-7-17-10)8-9-4-2-1-3-5-9/h1-7H,8H2/q+1. The maximum Gasteiger partial charge on any atom is 0.577 e. The molecule has 17 heavy (non-hydrogen) atoms. The van der Waals surface area contributed by atoms with E-state index in [0.29, 0.717) is 6.54 Å². The van der Waals surface area contributed by atoms with E-state index in [1.165, 1.54) is 4.57 Å². The summed E-state index contributed by atoms with van der Waals surface area (Å²) in [4.78, 5) is 0. The van der Waals surface area contributed by atoms with Crippen LogP contribution in [0.4, 0.5) is 13.2 Å². The lowest BCUT2D eigenvalue weighted by Gasteiger charge is -2.04. The SMILES string of the molecule is FC(F)(F)Oc1scc[n+]1Cc1ccccc1. The van der Waals surface area contributed by atoms with Gasteiger partial charge in [0.15, 0.2) is 12.7 Å². The molecular formula is C11H9F3NOS+. The number of hydrogen-bond donors (Lipinski definition) is 0. The fraction of sp³-hybridized carbons (Fsp3) is 0.182. The van der Waals surface area contributed by atoms with E-state index in [2.05, 4.69) is 4.74 Å². The summed E-state index contributed by atoms with van der Waals surface area (Å²) in [6.45, 7) is 0.357. The van der Waals surface area contributed by atoms with Crippen LogP contribution in [0.25, 0.3) is 0 Å². The van der Waals surface area contributed by atoms with Gasteiger partial charge in [-0.3, -0.25) is 0 Å². The van der Waals surface area contributed by atoms with E-state index < -0.39 is 6.36 Å². The molecule has 0 unspecified atom stereocenters. The molecule has 0 bridgehead atoms. The van der Waals surface area contributed by atoms with Gasteiger partial charge in [0.2, 0.25) is 0 Å². The van der Waals surface area contributed by atoms with Crippen molar-refractivity contribution in [3.8, 4) is 5.19 Å². The Bertz CT molecular complexity index is 481. The maximum absolute atomic E-state index is 12.1. The first-order valence-electron chi connectivity index (χ1n) is 4.81. The molecular weight excluding hydrogens is 251 g/mol. The second kappa shape index (κ2) is 4.75. The molecule has 0 amide bonds. The van der Waals surface area contributed by atoms with E-state index in [4.69, 9.17) is 0 Å². The molecule has 2 rings (SSSR count). The van der Waals surface area contributed by atoms with Gasteiger partial charge in [-0.15, -0.1) is 13.2 Å². The molecule has 2 aromatic rings. The van der Waals surface area contributed by atoms with Crippen LogP contribution in [-0.2, 0) is 6.54 Å². The minimum Gasteiger partial charge on any atom is -0.342 e. The van der Waals surface area contributed by atoms with Gasteiger partial charge in [-0.2, -0.15) is 4.57 Å². The highest BCUT2D eigenvalue weighted by Gasteiger charge is 2.36. The molecule has 0 radical (unpaired) electrons. The fourth-order valence-corrected chi connectivity index (χ4v) is 2.10. The number of benzene rings is 1. The zero-order valence-electron chi connectivity index (χ0n) is 8.65. The van der Waals surface area contributed by atoms with E-state index in [9.17, 15) is 13.2 Å². The van der Waals surface area contributed by atoms with Gasteiger partial charge in [-0.05, 0) is 11.3 Å². The first-order valence-corrected chi connectivity index (χ1v) is 5.69. The number of thiazole rings is 1. The van der Waals surface area contributed by atoms with Crippen molar-refractivity contribution in [3.05, 3.63) is 47.5 Å². The molecule has 1 aromatic heterocycles. The van der Waals surface area contributed by atoms with Gasteiger partial charge in [-0.1, -0.05) is 30.3 Å². The molecule has 2 nitrogen and oxygen atoms in total. The molecule has 0 fully saturated rings. The lowest BCUT2D eigenvalue weighted by molar-refractivity contribution is -0.693. The number of nitrogens with zero attached hydrogens (tertiary/aromatic N) is 1. The average Bonchev–Trinajstić information content (AvgIpc) is 2.65. The van der Waals surface area contributed by atoms with Gasteiger partial charge in [-0.25, -0.2) is 0 Å². The molecule has 0 saturated heterocycles. The van der Waals surface area contributed by atoms with Crippen LogP contribution in [-0.4, -0.2) is 6.36 Å². The van der Waals surface area contributed by atoms with Gasteiger partial charge in [0.05, 0.1) is 5.38 Å². The smallest absolute Gasteiger partial charge is 0.342 e. The van der Waals surface area contributed by atoms with Crippen molar-refractivity contribution in [3.63, 3.8) is 0 Å². The molecule has 1 aromatic carbocycles. The monoisotopic (exact) mass is 260 g/mol. The number of ether oxygens (including phenoxy) is 1. The third kappa shape index (κ3) is 3.45. The zero-order valence-corrected chi connectivity index (χ0v) is 9.46. The molecule has 0 aliphatic rings. The lowest BCUT2D eigenvalue weighted by Crippen LogP contribution is -2.36. The Morgan fingerprint density at radius 1 is 1.18 bits per heavy atom. The summed E-state index contributed by atoms with van der Waals surface area (Å²) in [5.74, 6) is 0. The average molecular weight is 260 g/mol. The van der Waals surface area contributed by atoms with Crippen LogP contribution < -0.4 is 9.30 Å². The third-order valence-corrected chi connectivity index (χ3v) is 2.82. The number of alkyl halides is 3. The van der Waals surface area contributed by atoms with Crippen LogP contribution >= 0.6 is 11.3 Å². The quantitative estimate of drug-likeness (QED) is 0.773. The molecule has 90 valence electrons. The van der Waals surface area contributed by atoms with Gasteiger partial charge in [0, 0.05) is 5.56 Å². The van der Waals surface area contributed by atoms with Crippen molar-refractivity contribution in [2.75, 3.05) is 0 Å². The predicted molar refractivity (Wildman–Crippen MR) is 56.7 cm³/mol. The first kappa shape index (κ1) is 11.9. The predicted octanol–water partition coefficient (Wildman–Crippen LogP) is 2.98. The largest absolute Gasteiger partial charge is 0.577 e. The van der Waals surface area contributed by atoms with Crippen LogP contribution in [0.3, 0.4) is 0 Å². The highest BCUT2D eigenvalue weighted by Crippen LogP contribution is 2.23. The summed E-state index contributed by atoms with van der Waals surface area (Å²) < 4.78 is 41.7. The van der Waals surface area contributed by atoms with E-state index in [-0.39, 0.29) is 5.19 Å². The Kier molecular flexibility index (Phi) is 3.33.